The van der Waals surface area contributed by atoms with E-state index in [0.717, 1.165) is 45.8 Å². The van der Waals surface area contributed by atoms with Crippen LogP contribution in [0.4, 0.5) is 11.8 Å². The van der Waals surface area contributed by atoms with Crippen molar-refractivity contribution in [3.05, 3.63) is 47.5 Å². The zero-order valence-electron chi connectivity index (χ0n) is 13.9. The quantitative estimate of drug-likeness (QED) is 0.686. The molecule has 0 bridgehead atoms. The van der Waals surface area contributed by atoms with Crippen LogP contribution in [0.3, 0.4) is 0 Å². The summed E-state index contributed by atoms with van der Waals surface area (Å²) in [5.41, 5.74) is 8.88. The first-order valence-electron chi connectivity index (χ1n) is 8.10. The smallest absolute Gasteiger partial charge is 0.222 e. The molecule has 3 N–H and O–H groups in total. The number of benzene rings is 2. The van der Waals surface area contributed by atoms with Gasteiger partial charge in [-0.25, -0.2) is 4.98 Å². The zero-order chi connectivity index (χ0) is 17.1. The zero-order valence-corrected chi connectivity index (χ0v) is 14.6. The Morgan fingerprint density at radius 2 is 1.75 bits per heavy atom. The van der Waals surface area contributed by atoms with E-state index < -0.39 is 0 Å². The molecule has 1 aromatic heterocycles. The first kappa shape index (κ1) is 16.5. The van der Waals surface area contributed by atoms with Crippen LogP contribution in [-0.4, -0.2) is 16.5 Å². The van der Waals surface area contributed by atoms with Gasteiger partial charge in [-0.15, -0.1) is 0 Å². The highest BCUT2D eigenvalue weighted by Crippen LogP contribution is 2.28. The topological polar surface area (TPSA) is 63.8 Å². The van der Waals surface area contributed by atoms with Gasteiger partial charge in [-0.2, -0.15) is 4.98 Å². The fraction of sp³-hybridized carbons (Fsp3) is 0.263. The number of hydrogen-bond donors (Lipinski definition) is 2. The molecule has 0 unspecified atom stereocenters. The van der Waals surface area contributed by atoms with E-state index in [9.17, 15) is 0 Å². The Balaban J connectivity index is 2.00. The van der Waals surface area contributed by atoms with E-state index in [2.05, 4.69) is 35.2 Å². The molecule has 124 valence electrons. The summed E-state index contributed by atoms with van der Waals surface area (Å²) >= 11 is 5.98. The SMILES string of the molecule is CC(C)CCNc1nc(N)nc2ccc(-c3ccc(Cl)cc3)cc12. The number of halogens is 1. The standard InChI is InChI=1S/C19H21ClN4/c1-12(2)9-10-22-18-16-11-14(13-3-6-15(20)7-4-13)5-8-17(16)23-19(21)24-18/h3-8,11-12H,9-10H2,1-2H3,(H3,21,22,23,24). The number of anilines is 2. The summed E-state index contributed by atoms with van der Waals surface area (Å²) in [6, 6.07) is 13.9. The number of rotatable bonds is 5. The molecular formula is C19H21ClN4. The summed E-state index contributed by atoms with van der Waals surface area (Å²) in [5, 5.41) is 5.10. The number of fused-ring (bicyclic) bond motifs is 1. The molecule has 3 rings (SSSR count). The molecule has 0 spiro atoms. The molecule has 3 aromatic rings. The van der Waals surface area contributed by atoms with Gasteiger partial charge in [-0.05, 0) is 47.7 Å². The Morgan fingerprint density at radius 3 is 2.46 bits per heavy atom. The third-order valence-corrected chi connectivity index (χ3v) is 4.16. The Labute approximate surface area is 147 Å². The molecule has 2 aromatic carbocycles. The summed E-state index contributed by atoms with van der Waals surface area (Å²) in [6.45, 7) is 5.26. The summed E-state index contributed by atoms with van der Waals surface area (Å²) in [7, 11) is 0. The first-order chi connectivity index (χ1) is 11.5. The summed E-state index contributed by atoms with van der Waals surface area (Å²) in [4.78, 5) is 8.72. The van der Waals surface area contributed by atoms with Crippen molar-refractivity contribution in [1.29, 1.82) is 0 Å². The monoisotopic (exact) mass is 340 g/mol. The van der Waals surface area contributed by atoms with E-state index in [1.807, 2.05) is 36.4 Å². The summed E-state index contributed by atoms with van der Waals surface area (Å²) in [6.07, 6.45) is 1.07. The maximum Gasteiger partial charge on any atom is 0.222 e. The molecule has 0 aliphatic heterocycles. The normalized spacial score (nSPS) is 11.2. The van der Waals surface area contributed by atoms with Crippen LogP contribution in [0.5, 0.6) is 0 Å². The second-order valence-electron chi connectivity index (χ2n) is 6.28. The molecule has 0 fully saturated rings. The Kier molecular flexibility index (Phi) is 4.86. The lowest BCUT2D eigenvalue weighted by Gasteiger charge is -2.12. The minimum atomic E-state index is 0.286. The molecule has 0 aliphatic carbocycles. The number of nitrogens with zero attached hydrogens (tertiary/aromatic N) is 2. The third-order valence-electron chi connectivity index (χ3n) is 3.90. The van der Waals surface area contributed by atoms with Gasteiger partial charge in [0.05, 0.1) is 5.52 Å². The lowest BCUT2D eigenvalue weighted by atomic mass is 10.0. The second kappa shape index (κ2) is 7.05. The van der Waals surface area contributed by atoms with E-state index in [-0.39, 0.29) is 5.95 Å². The predicted molar refractivity (Wildman–Crippen MR) is 102 cm³/mol. The Bertz CT molecular complexity index is 844. The van der Waals surface area contributed by atoms with Crippen LogP contribution in [0.15, 0.2) is 42.5 Å². The van der Waals surface area contributed by atoms with Crippen molar-refractivity contribution in [1.82, 2.24) is 9.97 Å². The number of nitrogens with one attached hydrogen (secondary N) is 1. The highest BCUT2D eigenvalue weighted by atomic mass is 35.5. The van der Waals surface area contributed by atoms with Crippen LogP contribution in [-0.2, 0) is 0 Å². The van der Waals surface area contributed by atoms with E-state index in [0.29, 0.717) is 5.92 Å². The molecule has 24 heavy (non-hydrogen) atoms. The highest BCUT2D eigenvalue weighted by Gasteiger charge is 2.08. The Hall–Kier alpha value is -2.33. The molecule has 0 saturated carbocycles. The van der Waals surface area contributed by atoms with E-state index in [1.54, 1.807) is 0 Å². The van der Waals surface area contributed by atoms with E-state index in [1.165, 1.54) is 0 Å². The molecular weight excluding hydrogens is 320 g/mol. The predicted octanol–water partition coefficient (Wildman–Crippen LogP) is 4.99. The van der Waals surface area contributed by atoms with Gasteiger partial charge in [0, 0.05) is 17.0 Å². The molecule has 0 saturated heterocycles. The lowest BCUT2D eigenvalue weighted by molar-refractivity contribution is 0.607. The fourth-order valence-corrected chi connectivity index (χ4v) is 2.71. The van der Waals surface area contributed by atoms with Gasteiger partial charge in [0.25, 0.3) is 0 Å². The van der Waals surface area contributed by atoms with Crippen molar-refractivity contribution in [2.24, 2.45) is 5.92 Å². The number of aromatic nitrogens is 2. The average molecular weight is 341 g/mol. The van der Waals surface area contributed by atoms with Crippen LogP contribution in [0.1, 0.15) is 20.3 Å². The molecule has 0 radical (unpaired) electrons. The lowest BCUT2D eigenvalue weighted by Crippen LogP contribution is -2.08. The van der Waals surface area contributed by atoms with Crippen molar-refractivity contribution < 1.29 is 0 Å². The maximum absolute atomic E-state index is 5.98. The highest BCUT2D eigenvalue weighted by molar-refractivity contribution is 6.30. The van der Waals surface area contributed by atoms with Gasteiger partial charge < -0.3 is 11.1 Å². The van der Waals surface area contributed by atoms with Crippen molar-refractivity contribution in [2.75, 3.05) is 17.6 Å². The van der Waals surface area contributed by atoms with Gasteiger partial charge in [0.2, 0.25) is 5.95 Å². The molecule has 0 amide bonds. The number of nitrogens with two attached hydrogens (primary N) is 1. The molecule has 1 heterocycles. The first-order valence-corrected chi connectivity index (χ1v) is 8.48. The minimum Gasteiger partial charge on any atom is -0.369 e. The summed E-state index contributed by atoms with van der Waals surface area (Å²) in [5.74, 6) is 1.70. The molecule has 0 atom stereocenters. The summed E-state index contributed by atoms with van der Waals surface area (Å²) < 4.78 is 0. The largest absolute Gasteiger partial charge is 0.369 e. The maximum atomic E-state index is 5.98. The van der Waals surface area contributed by atoms with Crippen molar-refractivity contribution >= 4 is 34.3 Å². The average Bonchev–Trinajstić information content (AvgIpc) is 2.55. The third kappa shape index (κ3) is 3.77. The van der Waals surface area contributed by atoms with Crippen LogP contribution in [0.25, 0.3) is 22.0 Å². The number of nitrogen functional groups attached to an aromatic ring is 1. The van der Waals surface area contributed by atoms with Gasteiger partial charge in [-0.1, -0.05) is 43.6 Å². The van der Waals surface area contributed by atoms with Gasteiger partial charge in [-0.3, -0.25) is 0 Å². The molecule has 5 heteroatoms. The minimum absolute atomic E-state index is 0.286. The molecule has 0 aliphatic rings. The van der Waals surface area contributed by atoms with Gasteiger partial charge in [0.1, 0.15) is 5.82 Å². The molecule has 4 nitrogen and oxygen atoms in total. The van der Waals surface area contributed by atoms with Crippen molar-refractivity contribution in [3.63, 3.8) is 0 Å². The Morgan fingerprint density at radius 1 is 1.04 bits per heavy atom. The van der Waals surface area contributed by atoms with E-state index in [4.69, 9.17) is 17.3 Å². The van der Waals surface area contributed by atoms with Crippen LogP contribution in [0.2, 0.25) is 5.02 Å². The van der Waals surface area contributed by atoms with Gasteiger partial charge >= 0.3 is 0 Å². The van der Waals surface area contributed by atoms with Crippen molar-refractivity contribution in [2.45, 2.75) is 20.3 Å². The van der Waals surface area contributed by atoms with Crippen LogP contribution < -0.4 is 11.1 Å². The van der Waals surface area contributed by atoms with Crippen LogP contribution >= 0.6 is 11.6 Å². The second-order valence-corrected chi connectivity index (χ2v) is 6.71. The van der Waals surface area contributed by atoms with Crippen LogP contribution in [0, 0.1) is 5.92 Å². The van der Waals surface area contributed by atoms with Gasteiger partial charge in [0.15, 0.2) is 0 Å². The number of hydrogen-bond acceptors (Lipinski definition) is 4. The van der Waals surface area contributed by atoms with Crippen molar-refractivity contribution in [3.8, 4) is 11.1 Å². The van der Waals surface area contributed by atoms with E-state index >= 15 is 0 Å². The fourth-order valence-electron chi connectivity index (χ4n) is 2.58.